The van der Waals surface area contributed by atoms with E-state index in [0.717, 1.165) is 11.2 Å². The summed E-state index contributed by atoms with van der Waals surface area (Å²) in [4.78, 5) is 6.38. The van der Waals surface area contributed by atoms with Gasteiger partial charge in [-0.15, -0.1) is 0 Å². The molecule has 2 aromatic rings. The zero-order valence-corrected chi connectivity index (χ0v) is 9.45. The maximum absolute atomic E-state index is 4.55. The first-order valence-corrected chi connectivity index (χ1v) is 5.36. The fraction of sp³-hybridized carbons (Fsp3) is 0.0833. The number of para-hydroxylation sites is 1. The molecule has 0 N–H and O–H groups in total. The summed E-state index contributed by atoms with van der Waals surface area (Å²) in [7, 11) is 0. The van der Waals surface area contributed by atoms with Crippen LogP contribution in [0.4, 0.5) is 0 Å². The lowest BCUT2D eigenvalue weighted by Crippen LogP contribution is -1.87. The van der Waals surface area contributed by atoms with Crippen molar-refractivity contribution in [1.82, 2.24) is 4.98 Å². The maximum Gasteiger partial charge on any atom is 0.0709 e. The van der Waals surface area contributed by atoms with E-state index in [1.54, 1.807) is 0 Å². The van der Waals surface area contributed by atoms with Crippen LogP contribution in [-0.4, -0.2) is 4.98 Å². The van der Waals surface area contributed by atoms with Gasteiger partial charge in [0.05, 0.1) is 11.2 Å². The Hall–Kier alpha value is -1.15. The number of hydrogen-bond acceptors (Lipinski definition) is 1. The number of pyridine rings is 1. The molecule has 0 aliphatic heterocycles. The second-order valence-electron chi connectivity index (χ2n) is 3.18. The molecule has 0 amide bonds. The molecule has 0 bridgehead atoms. The van der Waals surface area contributed by atoms with Gasteiger partial charge in [-0.05, 0) is 35.7 Å². The molecule has 0 saturated carbocycles. The van der Waals surface area contributed by atoms with E-state index in [4.69, 9.17) is 0 Å². The zero-order valence-electron chi connectivity index (χ0n) is 7.87. The molecule has 0 aliphatic carbocycles. The quantitative estimate of drug-likeness (QED) is 0.745. The molecule has 0 radical (unpaired) electrons. The standard InChI is InChI=1S/C12H10BrN/c1-9-8-10-4-2-3-5-12(10)14-11(9)6-7-13/h2-8H,1H3/b7-6-. The van der Waals surface area contributed by atoms with Crippen LogP contribution in [0.5, 0.6) is 0 Å². The second kappa shape index (κ2) is 3.93. The molecule has 1 aromatic heterocycles. The second-order valence-corrected chi connectivity index (χ2v) is 3.70. The first-order chi connectivity index (χ1) is 6.81. The highest BCUT2D eigenvalue weighted by molar-refractivity contribution is 9.11. The Balaban J connectivity index is 2.70. The van der Waals surface area contributed by atoms with Crippen LogP contribution >= 0.6 is 15.9 Å². The number of aromatic nitrogens is 1. The van der Waals surface area contributed by atoms with Crippen LogP contribution in [0, 0.1) is 6.92 Å². The van der Waals surface area contributed by atoms with E-state index in [2.05, 4.69) is 40.0 Å². The Labute approximate surface area is 91.6 Å². The number of halogens is 1. The summed E-state index contributed by atoms with van der Waals surface area (Å²) in [5.41, 5.74) is 3.25. The predicted molar refractivity (Wildman–Crippen MR) is 64.4 cm³/mol. The number of nitrogens with zero attached hydrogens (tertiary/aromatic N) is 1. The first-order valence-electron chi connectivity index (χ1n) is 4.44. The summed E-state index contributed by atoms with van der Waals surface area (Å²) in [5.74, 6) is 0. The molecule has 0 fully saturated rings. The van der Waals surface area contributed by atoms with Crippen LogP contribution in [0.2, 0.25) is 0 Å². The zero-order chi connectivity index (χ0) is 9.97. The number of benzene rings is 1. The average Bonchev–Trinajstić information content (AvgIpc) is 2.19. The number of aryl methyl sites for hydroxylation is 1. The lowest BCUT2D eigenvalue weighted by atomic mass is 10.1. The summed E-state index contributed by atoms with van der Waals surface area (Å²) >= 11 is 3.26. The molecule has 0 saturated heterocycles. The minimum absolute atomic E-state index is 1.01. The van der Waals surface area contributed by atoms with Crippen molar-refractivity contribution in [2.75, 3.05) is 0 Å². The van der Waals surface area contributed by atoms with E-state index in [1.165, 1.54) is 10.9 Å². The highest BCUT2D eigenvalue weighted by Gasteiger charge is 1.99. The molecule has 0 unspecified atom stereocenters. The Kier molecular flexibility index (Phi) is 2.64. The molecular formula is C12H10BrN. The monoisotopic (exact) mass is 247 g/mol. The maximum atomic E-state index is 4.55. The van der Waals surface area contributed by atoms with Crippen molar-refractivity contribution in [3.63, 3.8) is 0 Å². The number of rotatable bonds is 1. The Bertz CT molecular complexity index is 489. The smallest absolute Gasteiger partial charge is 0.0709 e. The Morgan fingerprint density at radius 3 is 2.86 bits per heavy atom. The summed E-state index contributed by atoms with van der Waals surface area (Å²) in [5, 5.41) is 1.19. The molecule has 2 rings (SSSR count). The third-order valence-electron chi connectivity index (χ3n) is 2.17. The van der Waals surface area contributed by atoms with Gasteiger partial charge in [0.25, 0.3) is 0 Å². The van der Waals surface area contributed by atoms with Crippen LogP contribution in [-0.2, 0) is 0 Å². The van der Waals surface area contributed by atoms with Crippen molar-refractivity contribution < 1.29 is 0 Å². The molecule has 1 heterocycles. The molecule has 1 nitrogen and oxygen atoms in total. The van der Waals surface area contributed by atoms with Crippen molar-refractivity contribution in [3.05, 3.63) is 46.6 Å². The highest BCUT2D eigenvalue weighted by Crippen LogP contribution is 2.17. The molecule has 1 aromatic carbocycles. The fourth-order valence-corrected chi connectivity index (χ4v) is 1.72. The van der Waals surface area contributed by atoms with E-state index in [0.29, 0.717) is 0 Å². The van der Waals surface area contributed by atoms with Crippen molar-refractivity contribution in [2.45, 2.75) is 6.92 Å². The van der Waals surface area contributed by atoms with Crippen molar-refractivity contribution >= 4 is 32.9 Å². The first kappa shape index (κ1) is 9.41. The fourth-order valence-electron chi connectivity index (χ4n) is 1.46. The van der Waals surface area contributed by atoms with E-state index in [-0.39, 0.29) is 0 Å². The van der Waals surface area contributed by atoms with Gasteiger partial charge in [0, 0.05) is 5.39 Å². The lowest BCUT2D eigenvalue weighted by Gasteiger charge is -2.02. The van der Waals surface area contributed by atoms with Gasteiger partial charge in [-0.1, -0.05) is 34.1 Å². The predicted octanol–water partition coefficient (Wildman–Crippen LogP) is 3.91. The highest BCUT2D eigenvalue weighted by atomic mass is 79.9. The van der Waals surface area contributed by atoms with E-state index in [1.807, 2.05) is 29.3 Å². The van der Waals surface area contributed by atoms with Gasteiger partial charge in [-0.3, -0.25) is 0 Å². The lowest BCUT2D eigenvalue weighted by molar-refractivity contribution is 1.30. The Morgan fingerprint density at radius 1 is 1.29 bits per heavy atom. The summed E-state index contributed by atoms with van der Waals surface area (Å²) in [6.45, 7) is 2.07. The van der Waals surface area contributed by atoms with Gasteiger partial charge in [-0.25, -0.2) is 4.98 Å². The largest absolute Gasteiger partial charge is 0.248 e. The SMILES string of the molecule is Cc1cc2ccccc2nc1/C=C\Br. The molecule has 2 heteroatoms. The van der Waals surface area contributed by atoms with Gasteiger partial charge >= 0.3 is 0 Å². The van der Waals surface area contributed by atoms with Gasteiger partial charge in [0.2, 0.25) is 0 Å². The Morgan fingerprint density at radius 2 is 2.07 bits per heavy atom. The molecule has 0 spiro atoms. The van der Waals surface area contributed by atoms with Crippen molar-refractivity contribution in [3.8, 4) is 0 Å². The molecule has 70 valence electrons. The topological polar surface area (TPSA) is 12.9 Å². The summed E-state index contributed by atoms with van der Waals surface area (Å²) in [6.07, 6.45) is 1.96. The third-order valence-corrected chi connectivity index (χ3v) is 2.44. The van der Waals surface area contributed by atoms with Crippen LogP contribution < -0.4 is 0 Å². The average molecular weight is 248 g/mol. The normalized spacial score (nSPS) is 11.3. The number of fused-ring (bicyclic) bond motifs is 1. The third kappa shape index (κ3) is 1.70. The van der Waals surface area contributed by atoms with Gasteiger partial charge in [0.15, 0.2) is 0 Å². The number of hydrogen-bond donors (Lipinski definition) is 0. The summed E-state index contributed by atoms with van der Waals surface area (Å²) in [6, 6.07) is 10.3. The molecular weight excluding hydrogens is 238 g/mol. The molecule has 0 aliphatic rings. The summed E-state index contributed by atoms with van der Waals surface area (Å²) < 4.78 is 0. The van der Waals surface area contributed by atoms with E-state index >= 15 is 0 Å². The van der Waals surface area contributed by atoms with Gasteiger partial charge in [0.1, 0.15) is 0 Å². The minimum atomic E-state index is 1.01. The minimum Gasteiger partial charge on any atom is -0.248 e. The van der Waals surface area contributed by atoms with Crippen LogP contribution in [0.25, 0.3) is 17.0 Å². The van der Waals surface area contributed by atoms with Crippen LogP contribution in [0.15, 0.2) is 35.3 Å². The van der Waals surface area contributed by atoms with Crippen LogP contribution in [0.1, 0.15) is 11.3 Å². The molecule has 0 atom stereocenters. The van der Waals surface area contributed by atoms with Crippen LogP contribution in [0.3, 0.4) is 0 Å². The van der Waals surface area contributed by atoms with Gasteiger partial charge in [-0.2, -0.15) is 0 Å². The van der Waals surface area contributed by atoms with Gasteiger partial charge < -0.3 is 0 Å². The van der Waals surface area contributed by atoms with Crippen molar-refractivity contribution in [2.24, 2.45) is 0 Å². The molecule has 14 heavy (non-hydrogen) atoms. The van der Waals surface area contributed by atoms with Crippen molar-refractivity contribution in [1.29, 1.82) is 0 Å². The van der Waals surface area contributed by atoms with E-state index in [9.17, 15) is 0 Å². The van der Waals surface area contributed by atoms with E-state index < -0.39 is 0 Å².